The first-order valence-electron chi connectivity index (χ1n) is 8.92. The molecule has 0 fully saturated rings. The van der Waals surface area contributed by atoms with Crippen molar-refractivity contribution in [1.82, 2.24) is 14.5 Å². The number of aromatic nitrogens is 3. The second-order valence-electron chi connectivity index (χ2n) is 6.52. The summed E-state index contributed by atoms with van der Waals surface area (Å²) in [6.07, 6.45) is 6.04. The minimum Gasteiger partial charge on any atom is -0.466 e. The topological polar surface area (TPSA) is 64.2 Å². The van der Waals surface area contributed by atoms with Crippen LogP contribution in [0.1, 0.15) is 28.3 Å². The Labute approximate surface area is 165 Å². The molecule has 28 heavy (non-hydrogen) atoms. The van der Waals surface area contributed by atoms with Crippen LogP contribution in [0.15, 0.2) is 47.4 Å². The largest absolute Gasteiger partial charge is 0.466 e. The molecule has 0 aliphatic rings. The van der Waals surface area contributed by atoms with Gasteiger partial charge in [0.25, 0.3) is 5.91 Å². The summed E-state index contributed by atoms with van der Waals surface area (Å²) in [4.78, 5) is 23.3. The van der Waals surface area contributed by atoms with E-state index in [2.05, 4.69) is 9.97 Å². The molecule has 0 bridgehead atoms. The van der Waals surface area contributed by atoms with Crippen molar-refractivity contribution in [2.75, 3.05) is 11.4 Å². The number of aryl methyl sites for hydroxylation is 3. The number of hydrogen-bond acceptors (Lipinski definition) is 5. The number of imidazole rings is 1. The zero-order valence-corrected chi connectivity index (χ0v) is 16.4. The Morgan fingerprint density at radius 2 is 2.21 bits per heavy atom. The van der Waals surface area contributed by atoms with Crippen LogP contribution in [0.5, 0.6) is 0 Å². The Kier molecular flexibility index (Phi) is 4.95. The minimum absolute atomic E-state index is 0.195. The SMILES string of the molecule is Cc1cc(C(=O)N(CCCn2ccnc2)c2nc3c(F)cccc3s2)c(C)o1. The highest BCUT2D eigenvalue weighted by Crippen LogP contribution is 2.32. The van der Waals surface area contributed by atoms with E-state index in [1.165, 1.54) is 17.4 Å². The molecule has 6 nitrogen and oxygen atoms in total. The number of benzene rings is 1. The van der Waals surface area contributed by atoms with Gasteiger partial charge in [0.15, 0.2) is 5.13 Å². The Morgan fingerprint density at radius 1 is 1.36 bits per heavy atom. The lowest BCUT2D eigenvalue weighted by Gasteiger charge is -2.19. The van der Waals surface area contributed by atoms with Crippen molar-refractivity contribution in [3.63, 3.8) is 0 Å². The highest BCUT2D eigenvalue weighted by Gasteiger charge is 2.25. The summed E-state index contributed by atoms with van der Waals surface area (Å²) >= 11 is 1.31. The van der Waals surface area contributed by atoms with E-state index >= 15 is 0 Å². The molecule has 1 aromatic carbocycles. The van der Waals surface area contributed by atoms with Gasteiger partial charge < -0.3 is 8.98 Å². The standard InChI is InChI=1S/C20H19FN4O2S/c1-13-11-15(14(2)27-13)19(26)25(9-4-8-24-10-7-22-12-24)20-23-18-16(21)5-3-6-17(18)28-20/h3,5-7,10-12H,4,8-9H2,1-2H3. The fourth-order valence-electron chi connectivity index (χ4n) is 3.12. The predicted octanol–water partition coefficient (Wildman–Crippen LogP) is 4.58. The van der Waals surface area contributed by atoms with E-state index in [-0.39, 0.29) is 17.2 Å². The van der Waals surface area contributed by atoms with Crippen molar-refractivity contribution in [3.8, 4) is 0 Å². The summed E-state index contributed by atoms with van der Waals surface area (Å²) in [6, 6.07) is 6.56. The molecule has 0 saturated heterocycles. The van der Waals surface area contributed by atoms with Crippen molar-refractivity contribution in [3.05, 3.63) is 65.9 Å². The number of carbonyl (C=O) groups is 1. The lowest BCUT2D eigenvalue weighted by atomic mass is 10.2. The first-order valence-corrected chi connectivity index (χ1v) is 9.74. The van der Waals surface area contributed by atoms with Gasteiger partial charge in [-0.15, -0.1) is 0 Å². The molecular formula is C20H19FN4O2S. The number of thiazole rings is 1. The van der Waals surface area contributed by atoms with Gasteiger partial charge in [0.05, 0.1) is 16.6 Å². The summed E-state index contributed by atoms with van der Waals surface area (Å²) in [6.45, 7) is 4.73. The van der Waals surface area contributed by atoms with E-state index in [4.69, 9.17) is 4.42 Å². The zero-order chi connectivity index (χ0) is 19.7. The van der Waals surface area contributed by atoms with Crippen molar-refractivity contribution in [2.24, 2.45) is 0 Å². The summed E-state index contributed by atoms with van der Waals surface area (Å²) in [5.41, 5.74) is 0.787. The second kappa shape index (κ2) is 7.55. The maximum Gasteiger partial charge on any atom is 0.263 e. The first-order chi connectivity index (χ1) is 13.5. The summed E-state index contributed by atoms with van der Waals surface area (Å²) < 4.78 is 22.3. The summed E-state index contributed by atoms with van der Waals surface area (Å²) in [7, 11) is 0. The fraction of sp³-hybridized carbons (Fsp3) is 0.250. The zero-order valence-electron chi connectivity index (χ0n) is 15.6. The maximum absolute atomic E-state index is 14.1. The highest BCUT2D eigenvalue weighted by atomic mass is 32.1. The fourth-order valence-corrected chi connectivity index (χ4v) is 4.13. The number of amides is 1. The van der Waals surface area contributed by atoms with Gasteiger partial charge >= 0.3 is 0 Å². The van der Waals surface area contributed by atoms with Crippen molar-refractivity contribution < 1.29 is 13.6 Å². The molecule has 4 aromatic rings. The Balaban J connectivity index is 1.66. The molecule has 0 aliphatic heterocycles. The quantitative estimate of drug-likeness (QED) is 0.477. The lowest BCUT2D eigenvalue weighted by Crippen LogP contribution is -2.32. The summed E-state index contributed by atoms with van der Waals surface area (Å²) in [5, 5.41) is 0.481. The highest BCUT2D eigenvalue weighted by molar-refractivity contribution is 7.22. The van der Waals surface area contributed by atoms with Gasteiger partial charge in [0, 0.05) is 25.5 Å². The number of nitrogens with zero attached hydrogens (tertiary/aromatic N) is 4. The number of rotatable bonds is 6. The number of fused-ring (bicyclic) bond motifs is 1. The third-order valence-corrected chi connectivity index (χ3v) is 5.51. The lowest BCUT2D eigenvalue weighted by molar-refractivity contribution is 0.0985. The van der Waals surface area contributed by atoms with Crippen LogP contribution in [0, 0.1) is 19.7 Å². The molecule has 3 heterocycles. The van der Waals surface area contributed by atoms with Crippen LogP contribution < -0.4 is 4.90 Å². The third kappa shape index (κ3) is 3.55. The molecule has 0 aliphatic carbocycles. The molecular weight excluding hydrogens is 379 g/mol. The molecule has 4 rings (SSSR count). The molecule has 0 atom stereocenters. The number of carbonyl (C=O) groups excluding carboxylic acids is 1. The van der Waals surface area contributed by atoms with Gasteiger partial charge in [-0.1, -0.05) is 17.4 Å². The van der Waals surface area contributed by atoms with Crippen LogP contribution >= 0.6 is 11.3 Å². The number of para-hydroxylation sites is 1. The van der Waals surface area contributed by atoms with Gasteiger partial charge in [0.2, 0.25) is 0 Å². The van der Waals surface area contributed by atoms with Crippen molar-refractivity contribution >= 4 is 32.6 Å². The van der Waals surface area contributed by atoms with Crippen molar-refractivity contribution in [2.45, 2.75) is 26.8 Å². The van der Waals surface area contributed by atoms with Crippen LogP contribution in [0.4, 0.5) is 9.52 Å². The van der Waals surface area contributed by atoms with E-state index in [9.17, 15) is 9.18 Å². The molecule has 0 radical (unpaired) electrons. The first kappa shape index (κ1) is 18.4. The van der Waals surface area contributed by atoms with E-state index in [1.54, 1.807) is 49.5 Å². The smallest absolute Gasteiger partial charge is 0.263 e. The Bertz CT molecular complexity index is 1120. The Morgan fingerprint density at radius 3 is 2.89 bits per heavy atom. The van der Waals surface area contributed by atoms with Gasteiger partial charge in [-0.3, -0.25) is 9.69 Å². The molecule has 8 heteroatoms. The summed E-state index contributed by atoms with van der Waals surface area (Å²) in [5.74, 6) is 0.657. The molecule has 144 valence electrons. The Hall–Kier alpha value is -3.00. The van der Waals surface area contributed by atoms with E-state index in [0.29, 0.717) is 46.4 Å². The second-order valence-corrected chi connectivity index (χ2v) is 7.53. The minimum atomic E-state index is -0.388. The number of furan rings is 1. The van der Waals surface area contributed by atoms with Crippen molar-refractivity contribution in [1.29, 1.82) is 0 Å². The average Bonchev–Trinajstić information content (AvgIpc) is 3.38. The third-order valence-electron chi connectivity index (χ3n) is 4.46. The maximum atomic E-state index is 14.1. The monoisotopic (exact) mass is 398 g/mol. The number of anilines is 1. The average molecular weight is 398 g/mol. The molecule has 3 aromatic heterocycles. The van der Waals surface area contributed by atoms with Gasteiger partial charge in [-0.2, -0.15) is 0 Å². The van der Waals surface area contributed by atoms with E-state index in [1.807, 2.05) is 10.8 Å². The van der Waals surface area contributed by atoms with Crippen LogP contribution in [-0.4, -0.2) is 27.0 Å². The van der Waals surface area contributed by atoms with Gasteiger partial charge in [0.1, 0.15) is 22.9 Å². The normalized spacial score (nSPS) is 11.2. The van der Waals surface area contributed by atoms with E-state index in [0.717, 1.165) is 0 Å². The predicted molar refractivity (Wildman–Crippen MR) is 106 cm³/mol. The molecule has 0 N–H and O–H groups in total. The van der Waals surface area contributed by atoms with E-state index < -0.39 is 0 Å². The number of halogens is 1. The van der Waals surface area contributed by atoms with Crippen LogP contribution in [0.3, 0.4) is 0 Å². The molecule has 0 unspecified atom stereocenters. The van der Waals surface area contributed by atoms with Gasteiger partial charge in [-0.05, 0) is 38.5 Å². The molecule has 0 saturated carbocycles. The van der Waals surface area contributed by atoms with Crippen LogP contribution in [-0.2, 0) is 6.54 Å². The number of hydrogen-bond donors (Lipinski definition) is 0. The van der Waals surface area contributed by atoms with Gasteiger partial charge in [-0.25, -0.2) is 14.4 Å². The molecule has 0 spiro atoms. The van der Waals surface area contributed by atoms with Crippen LogP contribution in [0.2, 0.25) is 0 Å². The van der Waals surface area contributed by atoms with Crippen LogP contribution in [0.25, 0.3) is 10.2 Å². The molecule has 1 amide bonds.